The van der Waals surface area contributed by atoms with Crippen LogP contribution in [0.3, 0.4) is 0 Å². The van der Waals surface area contributed by atoms with E-state index in [1.165, 1.54) is 13.1 Å². The largest absolute Gasteiger partial charge is 0.480 e. The van der Waals surface area contributed by atoms with Crippen LogP contribution in [0.1, 0.15) is 0 Å². The number of carboxylic acids is 1. The first kappa shape index (κ1) is 12.5. The Morgan fingerprint density at radius 2 is 2.19 bits per heavy atom. The molecule has 2 amide bonds. The van der Waals surface area contributed by atoms with E-state index in [2.05, 4.69) is 5.32 Å². The molecule has 1 heterocycles. The molecule has 1 aliphatic heterocycles. The van der Waals surface area contributed by atoms with Crippen LogP contribution in [0.5, 0.6) is 0 Å². The summed E-state index contributed by atoms with van der Waals surface area (Å²) in [5, 5.41) is 11.9. The van der Waals surface area contributed by atoms with Gasteiger partial charge in [0.2, 0.25) is 0 Å². The van der Waals surface area contributed by atoms with Gasteiger partial charge in [0.15, 0.2) is 9.84 Å². The minimum Gasteiger partial charge on any atom is -0.480 e. The lowest BCUT2D eigenvalue weighted by Gasteiger charge is -2.17. The molecule has 2 N–H and O–H groups in total. The first-order valence-electron chi connectivity index (χ1n) is 4.44. The molecular formula is C8H12N2O5S. The van der Waals surface area contributed by atoms with Crippen molar-refractivity contribution in [3.63, 3.8) is 0 Å². The van der Waals surface area contributed by atoms with Gasteiger partial charge in [-0.2, -0.15) is 0 Å². The predicted molar refractivity (Wildman–Crippen MR) is 55.5 cm³/mol. The minimum atomic E-state index is -3.22. The molecule has 0 bridgehead atoms. The van der Waals surface area contributed by atoms with Crippen molar-refractivity contribution in [1.82, 2.24) is 10.2 Å². The summed E-state index contributed by atoms with van der Waals surface area (Å²) in [6.45, 7) is -0.435. The quantitative estimate of drug-likeness (QED) is 0.668. The van der Waals surface area contributed by atoms with Crippen molar-refractivity contribution in [1.29, 1.82) is 0 Å². The van der Waals surface area contributed by atoms with E-state index in [-0.39, 0.29) is 5.75 Å². The molecule has 7 nitrogen and oxygen atoms in total. The highest BCUT2D eigenvalue weighted by molar-refractivity contribution is 7.94. The predicted octanol–water partition coefficient (Wildman–Crippen LogP) is -0.977. The molecule has 8 heteroatoms. The second kappa shape index (κ2) is 4.52. The van der Waals surface area contributed by atoms with Gasteiger partial charge < -0.3 is 15.3 Å². The average Bonchev–Trinajstić information content (AvgIpc) is 2.44. The first-order chi connectivity index (χ1) is 7.30. The van der Waals surface area contributed by atoms with Crippen molar-refractivity contribution >= 4 is 21.8 Å². The van der Waals surface area contributed by atoms with E-state index in [9.17, 15) is 18.0 Å². The molecule has 0 aromatic heterocycles. The topological polar surface area (TPSA) is 104 Å². The molecule has 0 saturated carbocycles. The van der Waals surface area contributed by atoms with Crippen LogP contribution in [0.15, 0.2) is 11.5 Å². The van der Waals surface area contributed by atoms with Gasteiger partial charge in [0.05, 0.1) is 11.8 Å². The number of carboxylic acid groups (broad SMARTS) is 1. The third kappa shape index (κ3) is 3.54. The third-order valence-corrected chi connectivity index (χ3v) is 3.35. The van der Waals surface area contributed by atoms with Gasteiger partial charge in [-0.25, -0.2) is 13.2 Å². The summed E-state index contributed by atoms with van der Waals surface area (Å²) in [7, 11) is -1.90. The molecule has 90 valence electrons. The zero-order valence-electron chi connectivity index (χ0n) is 8.58. The van der Waals surface area contributed by atoms with Crippen LogP contribution in [0.4, 0.5) is 4.79 Å². The van der Waals surface area contributed by atoms with E-state index in [1.54, 1.807) is 0 Å². The van der Waals surface area contributed by atoms with Crippen LogP contribution in [0, 0.1) is 0 Å². The number of nitrogens with zero attached hydrogens (tertiary/aromatic N) is 1. The number of urea groups is 1. The summed E-state index contributed by atoms with van der Waals surface area (Å²) in [5.74, 6) is -1.31. The summed E-state index contributed by atoms with van der Waals surface area (Å²) in [6, 6.07) is -1.21. The zero-order chi connectivity index (χ0) is 12.3. The van der Waals surface area contributed by atoms with E-state index >= 15 is 0 Å². The Kier molecular flexibility index (Phi) is 3.53. The van der Waals surface area contributed by atoms with Gasteiger partial charge in [-0.1, -0.05) is 0 Å². The molecule has 1 rings (SSSR count). The Balaban J connectivity index is 2.48. The van der Waals surface area contributed by atoms with Crippen LogP contribution >= 0.6 is 0 Å². The lowest BCUT2D eigenvalue weighted by atomic mass is 10.3. The molecule has 1 atom stereocenters. The summed E-state index contributed by atoms with van der Waals surface area (Å²) < 4.78 is 22.0. The van der Waals surface area contributed by atoms with Gasteiger partial charge in [0.25, 0.3) is 0 Å². The Morgan fingerprint density at radius 3 is 2.62 bits per heavy atom. The fourth-order valence-electron chi connectivity index (χ4n) is 1.21. The molecule has 1 aliphatic rings. The van der Waals surface area contributed by atoms with Gasteiger partial charge in [0, 0.05) is 12.5 Å². The van der Waals surface area contributed by atoms with Crippen LogP contribution in [0.25, 0.3) is 0 Å². The maximum Gasteiger partial charge on any atom is 0.323 e. The monoisotopic (exact) mass is 248 g/mol. The van der Waals surface area contributed by atoms with Gasteiger partial charge >= 0.3 is 12.0 Å². The normalized spacial score (nSPS) is 21.7. The molecule has 0 saturated heterocycles. The number of sulfone groups is 1. The maximum atomic E-state index is 11.4. The van der Waals surface area contributed by atoms with E-state index in [0.29, 0.717) is 0 Å². The molecule has 16 heavy (non-hydrogen) atoms. The highest BCUT2D eigenvalue weighted by Crippen LogP contribution is 2.07. The molecule has 0 radical (unpaired) electrons. The van der Waals surface area contributed by atoms with Crippen molar-refractivity contribution < 1.29 is 23.1 Å². The van der Waals surface area contributed by atoms with Gasteiger partial charge in [-0.15, -0.1) is 0 Å². The highest BCUT2D eigenvalue weighted by atomic mass is 32.2. The summed E-state index contributed by atoms with van der Waals surface area (Å²) in [5.41, 5.74) is 0. The molecular weight excluding hydrogens is 236 g/mol. The Hall–Kier alpha value is -1.57. The van der Waals surface area contributed by atoms with Crippen LogP contribution in [-0.2, 0) is 14.6 Å². The number of aliphatic carboxylic acids is 1. The molecule has 1 unspecified atom stereocenters. The number of likely N-dealkylation sites (N-methyl/N-ethyl adjacent to an activating group) is 1. The zero-order valence-corrected chi connectivity index (χ0v) is 9.40. The lowest BCUT2D eigenvalue weighted by molar-refractivity contribution is -0.137. The minimum absolute atomic E-state index is 0.181. The SMILES string of the molecule is CN(CC(=O)O)C(=O)NC1C=CS(=O)(=O)C1. The Morgan fingerprint density at radius 1 is 1.56 bits per heavy atom. The van der Waals surface area contributed by atoms with Crippen molar-refractivity contribution in [2.45, 2.75) is 6.04 Å². The first-order valence-corrected chi connectivity index (χ1v) is 6.16. The van der Waals surface area contributed by atoms with E-state index in [4.69, 9.17) is 5.11 Å². The maximum absolute atomic E-state index is 11.4. The van der Waals surface area contributed by atoms with Crippen LogP contribution in [0.2, 0.25) is 0 Å². The number of carbonyl (C=O) groups excluding carboxylic acids is 1. The Bertz CT molecular complexity index is 428. The van der Waals surface area contributed by atoms with Gasteiger partial charge in [-0.05, 0) is 6.08 Å². The average molecular weight is 248 g/mol. The highest BCUT2D eigenvalue weighted by Gasteiger charge is 2.24. The van der Waals surface area contributed by atoms with Crippen LogP contribution < -0.4 is 5.32 Å². The van der Waals surface area contributed by atoms with Crippen molar-refractivity contribution in [3.8, 4) is 0 Å². The number of carbonyl (C=O) groups is 2. The number of hydrogen-bond donors (Lipinski definition) is 2. The number of rotatable bonds is 3. The fourth-order valence-corrected chi connectivity index (χ4v) is 2.44. The molecule has 0 aromatic carbocycles. The van der Waals surface area contributed by atoms with Crippen molar-refractivity contribution in [2.24, 2.45) is 0 Å². The molecule has 0 aromatic rings. The third-order valence-electron chi connectivity index (χ3n) is 1.96. The smallest absolute Gasteiger partial charge is 0.323 e. The van der Waals surface area contributed by atoms with E-state index in [1.807, 2.05) is 0 Å². The standard InChI is InChI=1S/C8H12N2O5S/c1-10(4-7(11)12)8(13)9-6-2-3-16(14,15)5-6/h2-3,6H,4-5H2,1H3,(H,9,13)(H,11,12). The van der Waals surface area contributed by atoms with E-state index < -0.39 is 34.4 Å². The molecule has 0 aliphatic carbocycles. The fraction of sp³-hybridized carbons (Fsp3) is 0.500. The van der Waals surface area contributed by atoms with Crippen molar-refractivity contribution in [2.75, 3.05) is 19.3 Å². The Labute approximate surface area is 92.7 Å². The summed E-state index contributed by atoms with van der Waals surface area (Å²) in [4.78, 5) is 22.7. The molecule has 0 spiro atoms. The number of nitrogens with one attached hydrogen (secondary N) is 1. The number of hydrogen-bond acceptors (Lipinski definition) is 4. The lowest BCUT2D eigenvalue weighted by Crippen LogP contribution is -2.45. The molecule has 0 fully saturated rings. The van der Waals surface area contributed by atoms with Crippen LogP contribution in [-0.4, -0.2) is 55.8 Å². The number of amides is 2. The van der Waals surface area contributed by atoms with E-state index in [0.717, 1.165) is 10.3 Å². The van der Waals surface area contributed by atoms with Gasteiger partial charge in [0.1, 0.15) is 6.54 Å². The second-order valence-electron chi connectivity index (χ2n) is 3.46. The van der Waals surface area contributed by atoms with Gasteiger partial charge in [-0.3, -0.25) is 4.79 Å². The summed E-state index contributed by atoms with van der Waals surface area (Å²) >= 11 is 0. The summed E-state index contributed by atoms with van der Waals surface area (Å²) in [6.07, 6.45) is 1.36. The second-order valence-corrected chi connectivity index (χ2v) is 5.40. The van der Waals surface area contributed by atoms with Crippen molar-refractivity contribution in [3.05, 3.63) is 11.5 Å².